The lowest BCUT2D eigenvalue weighted by molar-refractivity contribution is 0.134. The number of anilines is 1. The van der Waals surface area contributed by atoms with Crippen molar-refractivity contribution in [1.82, 2.24) is 25.1 Å². The molecule has 1 unspecified atom stereocenters. The van der Waals surface area contributed by atoms with Crippen LogP contribution in [0.25, 0.3) is 0 Å². The van der Waals surface area contributed by atoms with Gasteiger partial charge in [-0.2, -0.15) is 0 Å². The molecule has 1 aliphatic heterocycles. The van der Waals surface area contributed by atoms with Crippen LogP contribution < -0.4 is 5.73 Å². The summed E-state index contributed by atoms with van der Waals surface area (Å²) in [5.74, 6) is 2.37. The molecule has 0 spiro atoms. The van der Waals surface area contributed by atoms with Crippen molar-refractivity contribution in [2.75, 3.05) is 5.73 Å². The summed E-state index contributed by atoms with van der Waals surface area (Å²) in [6.07, 6.45) is 2.50. The molecule has 3 aromatic rings. The van der Waals surface area contributed by atoms with Crippen molar-refractivity contribution < 1.29 is 4.42 Å². The number of benzene rings is 1. The maximum Gasteiger partial charge on any atom is 0.233 e. The quantitative estimate of drug-likeness (QED) is 0.788. The highest BCUT2D eigenvalue weighted by molar-refractivity contribution is 5.31. The highest BCUT2D eigenvalue weighted by atomic mass is 16.4. The molecule has 0 saturated heterocycles. The molecule has 0 saturated carbocycles. The molecule has 24 heavy (non-hydrogen) atoms. The van der Waals surface area contributed by atoms with Gasteiger partial charge in [-0.15, -0.1) is 10.2 Å². The smallest absolute Gasteiger partial charge is 0.233 e. The third kappa shape index (κ3) is 2.85. The largest absolute Gasteiger partial charge is 0.424 e. The molecule has 2 N–H and O–H groups in total. The fourth-order valence-electron chi connectivity index (χ4n) is 3.11. The van der Waals surface area contributed by atoms with Crippen LogP contribution in [0.1, 0.15) is 34.8 Å². The first-order chi connectivity index (χ1) is 11.7. The van der Waals surface area contributed by atoms with E-state index in [1.54, 1.807) is 19.2 Å². The topological polar surface area (TPSA) is 94.0 Å². The third-order valence-electron chi connectivity index (χ3n) is 4.24. The van der Waals surface area contributed by atoms with Crippen molar-refractivity contribution in [3.63, 3.8) is 0 Å². The van der Waals surface area contributed by atoms with Crippen molar-refractivity contribution in [3.05, 3.63) is 65.3 Å². The molecule has 1 aromatic carbocycles. The second-order valence-electron chi connectivity index (χ2n) is 5.95. The summed E-state index contributed by atoms with van der Waals surface area (Å²) in [6.45, 7) is 3.16. The Hall–Kier alpha value is -2.80. The molecular formula is C17H18N6O. The van der Waals surface area contributed by atoms with Gasteiger partial charge >= 0.3 is 0 Å². The highest BCUT2D eigenvalue weighted by Gasteiger charge is 2.31. The predicted molar refractivity (Wildman–Crippen MR) is 87.6 cm³/mol. The molecule has 0 aliphatic carbocycles. The zero-order valence-corrected chi connectivity index (χ0v) is 13.4. The van der Waals surface area contributed by atoms with Gasteiger partial charge in [-0.25, -0.2) is 9.97 Å². The number of aromatic nitrogens is 4. The second kappa shape index (κ2) is 6.01. The minimum absolute atomic E-state index is 0.00568. The number of aryl methyl sites for hydroxylation is 1. The molecule has 7 heteroatoms. The Kier molecular flexibility index (Phi) is 3.70. The number of rotatable bonds is 3. The van der Waals surface area contributed by atoms with Crippen LogP contribution in [0, 0.1) is 6.92 Å². The molecule has 0 amide bonds. The summed E-state index contributed by atoms with van der Waals surface area (Å²) in [7, 11) is 0. The third-order valence-corrected chi connectivity index (χ3v) is 4.24. The van der Waals surface area contributed by atoms with E-state index in [0.717, 1.165) is 13.0 Å². The van der Waals surface area contributed by atoms with Crippen LogP contribution in [-0.2, 0) is 19.5 Å². The molecule has 0 radical (unpaired) electrons. The van der Waals surface area contributed by atoms with Crippen LogP contribution in [0.2, 0.25) is 0 Å². The number of fused-ring (bicyclic) bond motifs is 1. The van der Waals surface area contributed by atoms with Gasteiger partial charge in [-0.05, 0) is 23.6 Å². The van der Waals surface area contributed by atoms with Gasteiger partial charge < -0.3 is 10.2 Å². The highest BCUT2D eigenvalue weighted by Crippen LogP contribution is 2.33. The molecule has 3 heterocycles. The Bertz CT molecular complexity index is 862. The Morgan fingerprint density at radius 3 is 2.79 bits per heavy atom. The van der Waals surface area contributed by atoms with Gasteiger partial charge in [0.15, 0.2) is 0 Å². The molecule has 2 aromatic heterocycles. The van der Waals surface area contributed by atoms with Gasteiger partial charge in [0, 0.05) is 19.7 Å². The fraction of sp³-hybridized carbons (Fsp3) is 0.294. The van der Waals surface area contributed by atoms with Crippen molar-refractivity contribution in [3.8, 4) is 0 Å². The van der Waals surface area contributed by atoms with E-state index in [0.29, 0.717) is 30.0 Å². The lowest BCUT2D eigenvalue weighted by Crippen LogP contribution is -2.34. The molecule has 0 fully saturated rings. The summed E-state index contributed by atoms with van der Waals surface area (Å²) in [6, 6.07) is 10.1. The van der Waals surface area contributed by atoms with Crippen LogP contribution in [0.3, 0.4) is 0 Å². The summed E-state index contributed by atoms with van der Waals surface area (Å²) in [5.41, 5.74) is 8.39. The lowest BCUT2D eigenvalue weighted by atomic mass is 9.94. The first-order valence-electron chi connectivity index (χ1n) is 7.87. The first kappa shape index (κ1) is 14.8. The van der Waals surface area contributed by atoms with Gasteiger partial charge in [0.2, 0.25) is 11.8 Å². The van der Waals surface area contributed by atoms with Gasteiger partial charge in [0.1, 0.15) is 11.6 Å². The number of nitrogens with two attached hydrogens (primary N) is 1. The van der Waals surface area contributed by atoms with Crippen LogP contribution in [0.5, 0.6) is 0 Å². The maximum absolute atomic E-state index is 5.78. The molecule has 1 atom stereocenters. The van der Waals surface area contributed by atoms with Crippen LogP contribution in [0.15, 0.2) is 40.9 Å². The molecule has 122 valence electrons. The zero-order valence-electron chi connectivity index (χ0n) is 13.4. The zero-order chi connectivity index (χ0) is 16.5. The minimum Gasteiger partial charge on any atom is -0.424 e. The maximum atomic E-state index is 5.78. The Morgan fingerprint density at radius 1 is 1.21 bits per heavy atom. The van der Waals surface area contributed by atoms with Gasteiger partial charge in [0.05, 0.1) is 12.6 Å². The Morgan fingerprint density at radius 2 is 2.04 bits per heavy atom. The summed E-state index contributed by atoms with van der Waals surface area (Å²) in [4.78, 5) is 10.9. The van der Waals surface area contributed by atoms with Crippen molar-refractivity contribution in [2.24, 2.45) is 0 Å². The van der Waals surface area contributed by atoms with E-state index in [1.807, 2.05) is 0 Å². The summed E-state index contributed by atoms with van der Waals surface area (Å²) >= 11 is 0. The number of hydrogen-bond donors (Lipinski definition) is 1. The summed E-state index contributed by atoms with van der Waals surface area (Å²) in [5, 5.41) is 8.21. The monoisotopic (exact) mass is 322 g/mol. The van der Waals surface area contributed by atoms with E-state index in [4.69, 9.17) is 10.2 Å². The van der Waals surface area contributed by atoms with E-state index in [1.165, 1.54) is 11.1 Å². The molecule has 1 aliphatic rings. The summed E-state index contributed by atoms with van der Waals surface area (Å²) < 4.78 is 5.70. The minimum atomic E-state index is 0.00568. The standard InChI is InChI=1S/C17H18N6O/c1-11-21-22-17(24-11)14-8-12-4-2-3-5-13(12)9-23(14)10-16-19-7-6-15(18)20-16/h2-7,14H,8-10H2,1H3,(H2,18,19,20). The molecule has 4 rings (SSSR count). The average Bonchev–Trinajstić information content (AvgIpc) is 3.00. The van der Waals surface area contributed by atoms with Gasteiger partial charge in [-0.1, -0.05) is 24.3 Å². The number of nitrogen functional groups attached to an aromatic ring is 1. The van der Waals surface area contributed by atoms with Crippen molar-refractivity contribution in [2.45, 2.75) is 32.5 Å². The Balaban J connectivity index is 1.68. The lowest BCUT2D eigenvalue weighted by Gasteiger charge is -2.34. The van der Waals surface area contributed by atoms with Crippen LogP contribution in [0.4, 0.5) is 5.82 Å². The van der Waals surface area contributed by atoms with Gasteiger partial charge in [-0.3, -0.25) is 4.90 Å². The van der Waals surface area contributed by atoms with E-state index < -0.39 is 0 Å². The van der Waals surface area contributed by atoms with E-state index in [2.05, 4.69) is 49.3 Å². The van der Waals surface area contributed by atoms with E-state index in [9.17, 15) is 0 Å². The molecule has 0 bridgehead atoms. The van der Waals surface area contributed by atoms with Crippen LogP contribution >= 0.6 is 0 Å². The van der Waals surface area contributed by atoms with E-state index >= 15 is 0 Å². The average molecular weight is 322 g/mol. The van der Waals surface area contributed by atoms with Crippen molar-refractivity contribution >= 4 is 5.82 Å². The Labute approximate surface area is 139 Å². The number of nitrogens with zero attached hydrogens (tertiary/aromatic N) is 5. The predicted octanol–water partition coefficient (Wildman–Crippen LogP) is 2.05. The number of hydrogen-bond acceptors (Lipinski definition) is 7. The molecular weight excluding hydrogens is 304 g/mol. The van der Waals surface area contributed by atoms with E-state index in [-0.39, 0.29) is 6.04 Å². The second-order valence-corrected chi connectivity index (χ2v) is 5.95. The van der Waals surface area contributed by atoms with Crippen molar-refractivity contribution in [1.29, 1.82) is 0 Å². The fourth-order valence-corrected chi connectivity index (χ4v) is 3.11. The van der Waals surface area contributed by atoms with Crippen LogP contribution in [-0.4, -0.2) is 25.1 Å². The normalized spacial score (nSPS) is 17.6. The SMILES string of the molecule is Cc1nnc(C2Cc3ccccc3CN2Cc2nccc(N)n2)o1. The first-order valence-corrected chi connectivity index (χ1v) is 7.87. The van der Waals surface area contributed by atoms with Gasteiger partial charge in [0.25, 0.3) is 0 Å². The molecule has 7 nitrogen and oxygen atoms in total.